The van der Waals surface area contributed by atoms with Crippen LogP contribution in [0, 0.1) is 5.92 Å². The number of amides is 1. The summed E-state index contributed by atoms with van der Waals surface area (Å²) in [6.45, 7) is 4.16. The second-order valence-electron chi connectivity index (χ2n) is 4.44. The van der Waals surface area contributed by atoms with Gasteiger partial charge in [0, 0.05) is 11.4 Å². The van der Waals surface area contributed by atoms with E-state index in [0.717, 1.165) is 8.66 Å². The molecule has 1 heterocycles. The molecule has 0 spiro atoms. The first-order chi connectivity index (χ1) is 8.38. The first-order valence-electron chi connectivity index (χ1n) is 5.62. The van der Waals surface area contributed by atoms with Crippen molar-refractivity contribution in [2.75, 3.05) is 13.1 Å². The third-order valence-electron chi connectivity index (χ3n) is 2.22. The summed E-state index contributed by atoms with van der Waals surface area (Å²) < 4.78 is 0.971. The Morgan fingerprint density at radius 2 is 2.11 bits per heavy atom. The number of thiophene rings is 1. The molecule has 0 radical (unpaired) electrons. The highest BCUT2D eigenvalue weighted by atomic mass is 79.9. The highest BCUT2D eigenvalue weighted by molar-refractivity contribution is 9.11. The fourth-order valence-corrected chi connectivity index (χ4v) is 3.04. The van der Waals surface area contributed by atoms with Crippen LogP contribution in [-0.4, -0.2) is 35.0 Å². The number of carbonyl (C=O) groups excluding carboxylic acids is 1. The lowest BCUT2D eigenvalue weighted by Gasteiger charge is -2.22. The molecule has 0 aromatic carbocycles. The molecule has 0 aliphatic carbocycles. The second-order valence-corrected chi connectivity index (χ2v) is 6.99. The molecule has 0 fully saturated rings. The van der Waals surface area contributed by atoms with Gasteiger partial charge in [0.2, 0.25) is 5.91 Å². The quantitative estimate of drug-likeness (QED) is 0.870. The van der Waals surface area contributed by atoms with E-state index in [2.05, 4.69) is 15.9 Å². The van der Waals surface area contributed by atoms with Crippen molar-refractivity contribution in [1.82, 2.24) is 4.90 Å². The topological polar surface area (TPSA) is 57.6 Å². The van der Waals surface area contributed by atoms with Gasteiger partial charge >= 0.3 is 5.97 Å². The van der Waals surface area contributed by atoms with Gasteiger partial charge in [-0.15, -0.1) is 11.3 Å². The lowest BCUT2D eigenvalue weighted by atomic mass is 10.2. The van der Waals surface area contributed by atoms with Crippen LogP contribution in [0.5, 0.6) is 0 Å². The fraction of sp³-hybridized carbons (Fsp3) is 0.500. The average Bonchev–Trinajstić information content (AvgIpc) is 2.61. The zero-order valence-electron chi connectivity index (χ0n) is 10.4. The molecule has 18 heavy (non-hydrogen) atoms. The molecule has 1 amide bonds. The molecule has 0 saturated heterocycles. The second kappa shape index (κ2) is 6.89. The SMILES string of the molecule is CC(C)CN(CC(=O)O)C(=O)Cc1ccc(Br)s1. The van der Waals surface area contributed by atoms with Crippen LogP contribution >= 0.6 is 27.3 Å². The molecule has 0 aliphatic heterocycles. The summed E-state index contributed by atoms with van der Waals surface area (Å²) in [6.07, 6.45) is 0.260. The standard InChI is InChI=1S/C12H16BrNO3S/c1-8(2)6-14(7-12(16)17)11(15)5-9-3-4-10(13)18-9/h3-4,8H,5-7H2,1-2H3,(H,16,17). The highest BCUT2D eigenvalue weighted by Crippen LogP contribution is 2.22. The normalized spacial score (nSPS) is 10.7. The van der Waals surface area contributed by atoms with E-state index >= 15 is 0 Å². The summed E-state index contributed by atoms with van der Waals surface area (Å²) in [4.78, 5) is 25.1. The van der Waals surface area contributed by atoms with Crippen LogP contribution in [0.4, 0.5) is 0 Å². The molecule has 0 aliphatic rings. The van der Waals surface area contributed by atoms with E-state index in [4.69, 9.17) is 5.11 Å². The van der Waals surface area contributed by atoms with Gasteiger partial charge in [0.15, 0.2) is 0 Å². The summed E-state index contributed by atoms with van der Waals surface area (Å²) in [6, 6.07) is 3.76. The Balaban J connectivity index is 2.66. The Bertz CT molecular complexity index is 431. The van der Waals surface area contributed by atoms with E-state index in [0.29, 0.717) is 6.54 Å². The van der Waals surface area contributed by atoms with Gasteiger partial charge in [-0.1, -0.05) is 13.8 Å². The Hall–Kier alpha value is -0.880. The van der Waals surface area contributed by atoms with Gasteiger partial charge in [-0.25, -0.2) is 0 Å². The van der Waals surface area contributed by atoms with Gasteiger partial charge in [0.05, 0.1) is 10.2 Å². The molecule has 100 valence electrons. The van der Waals surface area contributed by atoms with Gasteiger partial charge < -0.3 is 10.0 Å². The van der Waals surface area contributed by atoms with Gasteiger partial charge in [-0.3, -0.25) is 9.59 Å². The number of carboxylic acid groups (broad SMARTS) is 1. The molecule has 0 atom stereocenters. The van der Waals surface area contributed by atoms with E-state index in [1.807, 2.05) is 26.0 Å². The van der Waals surface area contributed by atoms with Crippen LogP contribution in [0.2, 0.25) is 0 Å². The first-order valence-corrected chi connectivity index (χ1v) is 7.23. The zero-order valence-corrected chi connectivity index (χ0v) is 12.8. The van der Waals surface area contributed by atoms with E-state index in [9.17, 15) is 9.59 Å². The Morgan fingerprint density at radius 3 is 2.56 bits per heavy atom. The van der Waals surface area contributed by atoms with Gasteiger partial charge in [-0.05, 0) is 34.0 Å². The highest BCUT2D eigenvalue weighted by Gasteiger charge is 2.18. The lowest BCUT2D eigenvalue weighted by Crippen LogP contribution is -2.39. The summed E-state index contributed by atoms with van der Waals surface area (Å²) in [5, 5.41) is 8.82. The maximum atomic E-state index is 12.0. The molecule has 0 unspecified atom stereocenters. The van der Waals surface area contributed by atoms with E-state index < -0.39 is 5.97 Å². The third-order valence-corrected chi connectivity index (χ3v) is 3.84. The van der Waals surface area contributed by atoms with E-state index in [1.165, 1.54) is 16.2 Å². The van der Waals surface area contributed by atoms with Crippen molar-refractivity contribution >= 4 is 39.1 Å². The fourth-order valence-electron chi connectivity index (χ4n) is 1.57. The van der Waals surface area contributed by atoms with Gasteiger partial charge in [0.1, 0.15) is 6.54 Å². The summed E-state index contributed by atoms with van der Waals surface area (Å²) >= 11 is 4.83. The molecule has 0 bridgehead atoms. The number of hydrogen-bond acceptors (Lipinski definition) is 3. The van der Waals surface area contributed by atoms with Crippen molar-refractivity contribution in [2.45, 2.75) is 20.3 Å². The van der Waals surface area contributed by atoms with E-state index in [1.54, 1.807) is 0 Å². The molecule has 4 nitrogen and oxygen atoms in total. The smallest absolute Gasteiger partial charge is 0.323 e. The number of nitrogens with zero attached hydrogens (tertiary/aromatic N) is 1. The van der Waals surface area contributed by atoms with Crippen molar-refractivity contribution in [3.05, 3.63) is 20.8 Å². The number of hydrogen-bond donors (Lipinski definition) is 1. The predicted octanol–water partition coefficient (Wildman–Crippen LogP) is 2.62. The Labute approximate surface area is 119 Å². The molecular formula is C12H16BrNO3S. The number of carbonyl (C=O) groups is 2. The number of carboxylic acids is 1. The molecule has 0 saturated carbocycles. The van der Waals surface area contributed by atoms with Crippen molar-refractivity contribution < 1.29 is 14.7 Å². The molecule has 1 rings (SSSR count). The van der Waals surface area contributed by atoms with Crippen LogP contribution in [0.15, 0.2) is 15.9 Å². The lowest BCUT2D eigenvalue weighted by molar-refractivity contribution is -0.144. The molecule has 6 heteroatoms. The number of rotatable bonds is 6. The van der Waals surface area contributed by atoms with Crippen LogP contribution in [0.1, 0.15) is 18.7 Å². The molecular weight excluding hydrogens is 318 g/mol. The maximum absolute atomic E-state index is 12.0. The largest absolute Gasteiger partial charge is 0.480 e. The van der Waals surface area contributed by atoms with Gasteiger partial charge in [0.25, 0.3) is 0 Å². The summed E-state index contributed by atoms with van der Waals surface area (Å²) in [7, 11) is 0. The number of halogens is 1. The average molecular weight is 334 g/mol. The zero-order chi connectivity index (χ0) is 13.7. The minimum absolute atomic E-state index is 0.138. The molecule has 1 aromatic rings. The van der Waals surface area contributed by atoms with Crippen molar-refractivity contribution in [2.24, 2.45) is 5.92 Å². The maximum Gasteiger partial charge on any atom is 0.323 e. The van der Waals surface area contributed by atoms with Crippen LogP contribution in [0.3, 0.4) is 0 Å². The van der Waals surface area contributed by atoms with Crippen LogP contribution < -0.4 is 0 Å². The minimum Gasteiger partial charge on any atom is -0.480 e. The number of aliphatic carboxylic acids is 1. The van der Waals surface area contributed by atoms with Crippen LogP contribution in [-0.2, 0) is 16.0 Å². The third kappa shape index (κ3) is 5.18. The van der Waals surface area contributed by atoms with Crippen LogP contribution in [0.25, 0.3) is 0 Å². The predicted molar refractivity (Wildman–Crippen MR) is 74.8 cm³/mol. The minimum atomic E-state index is -0.976. The molecule has 1 aromatic heterocycles. The van der Waals surface area contributed by atoms with E-state index in [-0.39, 0.29) is 24.8 Å². The molecule has 1 N–H and O–H groups in total. The monoisotopic (exact) mass is 333 g/mol. The van der Waals surface area contributed by atoms with Crippen molar-refractivity contribution in [3.8, 4) is 0 Å². The van der Waals surface area contributed by atoms with Crippen molar-refractivity contribution in [3.63, 3.8) is 0 Å². The first kappa shape index (κ1) is 15.2. The Kier molecular flexibility index (Phi) is 5.81. The Morgan fingerprint density at radius 1 is 1.44 bits per heavy atom. The van der Waals surface area contributed by atoms with Gasteiger partial charge in [-0.2, -0.15) is 0 Å². The summed E-state index contributed by atoms with van der Waals surface area (Å²) in [5.74, 6) is -0.861. The van der Waals surface area contributed by atoms with Crippen molar-refractivity contribution in [1.29, 1.82) is 0 Å². The summed E-state index contributed by atoms with van der Waals surface area (Å²) in [5.41, 5.74) is 0.